The maximum Gasteiger partial charge on any atom is 0.244 e. The van der Waals surface area contributed by atoms with Gasteiger partial charge in [-0.25, -0.2) is 5.43 Å². The molecule has 1 amide bonds. The Kier molecular flexibility index (Phi) is 4.23. The molecule has 2 N–H and O–H groups in total. The number of nitrogens with zero attached hydrogens (tertiary/aromatic N) is 1. The molecule has 2 saturated carbocycles. The summed E-state index contributed by atoms with van der Waals surface area (Å²) in [6.45, 7) is 2.20. The second kappa shape index (κ2) is 6.04. The van der Waals surface area contributed by atoms with Gasteiger partial charge in [-0.15, -0.1) is 0 Å². The molecule has 2 fully saturated rings. The van der Waals surface area contributed by atoms with E-state index < -0.39 is 0 Å². The summed E-state index contributed by atoms with van der Waals surface area (Å²) in [6.07, 6.45) is 6.21. The predicted molar refractivity (Wildman–Crippen MR) is 89.0 cm³/mol. The third-order valence-corrected chi connectivity index (χ3v) is 5.56. The van der Waals surface area contributed by atoms with Crippen LogP contribution in [0.1, 0.15) is 38.2 Å². The molecular formula is C17H21ClN2O3. The van der Waals surface area contributed by atoms with Crippen molar-refractivity contribution in [1.82, 2.24) is 5.43 Å². The van der Waals surface area contributed by atoms with E-state index in [0.717, 1.165) is 12.8 Å². The molecular weight excluding hydrogens is 316 g/mol. The molecule has 0 spiro atoms. The van der Waals surface area contributed by atoms with E-state index in [1.165, 1.54) is 26.2 Å². The molecule has 124 valence electrons. The largest absolute Gasteiger partial charge is 0.503 e. The minimum atomic E-state index is -0.106. The highest BCUT2D eigenvalue weighted by Crippen LogP contribution is 2.66. The highest BCUT2D eigenvalue weighted by molar-refractivity contribution is 6.32. The second-order valence-electron chi connectivity index (χ2n) is 6.62. The van der Waals surface area contributed by atoms with Crippen LogP contribution >= 0.6 is 11.6 Å². The SMILES string of the molecule is COc1cc(/C=N\NC(=O)[C@@H]2[C@@H]3CCCC[C@@]23C)cc(Cl)c1O. The van der Waals surface area contributed by atoms with E-state index in [0.29, 0.717) is 11.5 Å². The number of nitrogens with one attached hydrogen (secondary N) is 1. The lowest BCUT2D eigenvalue weighted by Gasteiger charge is -2.15. The van der Waals surface area contributed by atoms with E-state index in [9.17, 15) is 9.90 Å². The Bertz CT molecular complexity index is 661. The number of phenols is 1. The maximum absolute atomic E-state index is 12.3. The van der Waals surface area contributed by atoms with Crippen LogP contribution in [0, 0.1) is 17.3 Å². The average molecular weight is 337 g/mol. The monoisotopic (exact) mass is 336 g/mol. The van der Waals surface area contributed by atoms with Gasteiger partial charge in [0.1, 0.15) is 0 Å². The van der Waals surface area contributed by atoms with Gasteiger partial charge in [-0.2, -0.15) is 5.10 Å². The molecule has 0 aromatic heterocycles. The van der Waals surface area contributed by atoms with Crippen molar-refractivity contribution < 1.29 is 14.6 Å². The molecule has 0 radical (unpaired) electrons. The fourth-order valence-electron chi connectivity index (χ4n) is 3.91. The van der Waals surface area contributed by atoms with Crippen molar-refractivity contribution in [3.63, 3.8) is 0 Å². The van der Waals surface area contributed by atoms with Crippen LogP contribution in [0.3, 0.4) is 0 Å². The normalized spacial score (nSPS) is 29.2. The van der Waals surface area contributed by atoms with Gasteiger partial charge in [0.05, 0.1) is 18.3 Å². The standard InChI is InChI=1S/C17H21ClN2O3/c1-17-6-4-3-5-11(17)14(17)16(22)20-19-9-10-7-12(18)15(21)13(8-10)23-2/h7-9,11,14,21H,3-6H2,1-2H3,(H,20,22)/b19-9-/t11-,14-,17+/m0/s1. The molecule has 0 heterocycles. The Morgan fingerprint density at radius 3 is 2.96 bits per heavy atom. The zero-order valence-electron chi connectivity index (χ0n) is 13.3. The zero-order chi connectivity index (χ0) is 16.6. The van der Waals surface area contributed by atoms with Gasteiger partial charge in [-0.05, 0) is 41.9 Å². The molecule has 1 aromatic rings. The molecule has 5 nitrogen and oxygen atoms in total. The molecule has 3 atom stereocenters. The summed E-state index contributed by atoms with van der Waals surface area (Å²) in [5.41, 5.74) is 3.44. The molecule has 3 rings (SSSR count). The topological polar surface area (TPSA) is 70.9 Å². The van der Waals surface area contributed by atoms with Crippen molar-refractivity contribution in [3.05, 3.63) is 22.7 Å². The summed E-state index contributed by atoms with van der Waals surface area (Å²) >= 11 is 5.92. The molecule has 0 saturated heterocycles. The van der Waals surface area contributed by atoms with Gasteiger partial charge in [0.25, 0.3) is 0 Å². The first-order valence-electron chi connectivity index (χ1n) is 7.87. The minimum absolute atomic E-state index is 0.00695. The predicted octanol–water partition coefficient (Wildman–Crippen LogP) is 3.33. The molecule has 23 heavy (non-hydrogen) atoms. The lowest BCUT2D eigenvalue weighted by Crippen LogP contribution is -2.22. The lowest BCUT2D eigenvalue weighted by atomic mass is 9.90. The molecule has 0 bridgehead atoms. The number of carbonyl (C=O) groups is 1. The first-order valence-corrected chi connectivity index (χ1v) is 8.24. The number of rotatable bonds is 4. The average Bonchev–Trinajstić information content (AvgIpc) is 3.16. The Balaban J connectivity index is 1.63. The number of fused-ring (bicyclic) bond motifs is 1. The number of halogens is 1. The molecule has 2 aliphatic rings. The molecule has 1 aromatic carbocycles. The van der Waals surface area contributed by atoms with Gasteiger partial charge < -0.3 is 9.84 Å². The summed E-state index contributed by atoms with van der Waals surface area (Å²) in [6, 6.07) is 3.17. The van der Waals surface area contributed by atoms with Crippen LogP contribution in [-0.2, 0) is 4.79 Å². The number of aromatic hydroxyl groups is 1. The van der Waals surface area contributed by atoms with Gasteiger partial charge in [0, 0.05) is 5.92 Å². The fourth-order valence-corrected chi connectivity index (χ4v) is 4.13. The second-order valence-corrected chi connectivity index (χ2v) is 7.03. The maximum atomic E-state index is 12.3. The quantitative estimate of drug-likeness (QED) is 0.654. The zero-order valence-corrected chi connectivity index (χ0v) is 14.1. The van der Waals surface area contributed by atoms with Crippen LogP contribution in [0.25, 0.3) is 0 Å². The Hall–Kier alpha value is -1.75. The van der Waals surface area contributed by atoms with Crippen LogP contribution in [0.4, 0.5) is 0 Å². The van der Waals surface area contributed by atoms with Crippen molar-refractivity contribution in [2.45, 2.75) is 32.6 Å². The van der Waals surface area contributed by atoms with Crippen LogP contribution in [0.2, 0.25) is 5.02 Å². The molecule has 2 aliphatic carbocycles. The number of methoxy groups -OCH3 is 1. The summed E-state index contributed by atoms with van der Waals surface area (Å²) in [5.74, 6) is 0.749. The lowest BCUT2D eigenvalue weighted by molar-refractivity contribution is -0.123. The van der Waals surface area contributed by atoms with Gasteiger partial charge in [-0.3, -0.25) is 4.79 Å². The summed E-state index contributed by atoms with van der Waals surface area (Å²) < 4.78 is 5.04. The Morgan fingerprint density at radius 2 is 2.30 bits per heavy atom. The van der Waals surface area contributed by atoms with Crippen LogP contribution < -0.4 is 10.2 Å². The van der Waals surface area contributed by atoms with Crippen LogP contribution in [0.15, 0.2) is 17.2 Å². The van der Waals surface area contributed by atoms with Crippen molar-refractivity contribution in [2.75, 3.05) is 7.11 Å². The van der Waals surface area contributed by atoms with Crippen molar-refractivity contribution >= 4 is 23.7 Å². The number of hydrogen-bond donors (Lipinski definition) is 2. The van der Waals surface area contributed by atoms with Gasteiger partial charge in [-0.1, -0.05) is 31.4 Å². The van der Waals surface area contributed by atoms with E-state index >= 15 is 0 Å². The molecule has 0 unspecified atom stereocenters. The highest BCUT2D eigenvalue weighted by Gasteiger charge is 2.64. The van der Waals surface area contributed by atoms with Crippen molar-refractivity contribution in [1.29, 1.82) is 0 Å². The first kappa shape index (κ1) is 16.1. The molecule has 6 heteroatoms. The van der Waals surface area contributed by atoms with E-state index in [2.05, 4.69) is 17.5 Å². The number of phenolic OH excluding ortho intramolecular Hbond substituents is 1. The fraction of sp³-hybridized carbons (Fsp3) is 0.529. The Morgan fingerprint density at radius 1 is 1.52 bits per heavy atom. The number of hydrogen-bond acceptors (Lipinski definition) is 4. The third-order valence-electron chi connectivity index (χ3n) is 5.27. The number of ether oxygens (including phenoxy) is 1. The van der Waals surface area contributed by atoms with Crippen molar-refractivity contribution in [2.24, 2.45) is 22.4 Å². The van der Waals surface area contributed by atoms with E-state index in [-0.39, 0.29) is 33.8 Å². The Labute approximate surface area is 140 Å². The minimum Gasteiger partial charge on any atom is -0.503 e. The smallest absolute Gasteiger partial charge is 0.244 e. The summed E-state index contributed by atoms with van der Waals surface area (Å²) in [5, 5.41) is 13.9. The van der Waals surface area contributed by atoms with E-state index in [4.69, 9.17) is 16.3 Å². The van der Waals surface area contributed by atoms with Gasteiger partial charge >= 0.3 is 0 Å². The van der Waals surface area contributed by atoms with Crippen LogP contribution in [-0.4, -0.2) is 24.3 Å². The summed E-state index contributed by atoms with van der Waals surface area (Å²) in [4.78, 5) is 12.3. The van der Waals surface area contributed by atoms with Gasteiger partial charge in [0.15, 0.2) is 11.5 Å². The summed E-state index contributed by atoms with van der Waals surface area (Å²) in [7, 11) is 1.45. The highest BCUT2D eigenvalue weighted by atomic mass is 35.5. The number of benzene rings is 1. The van der Waals surface area contributed by atoms with Gasteiger partial charge in [0.2, 0.25) is 5.91 Å². The number of carbonyl (C=O) groups excluding carboxylic acids is 1. The van der Waals surface area contributed by atoms with E-state index in [1.807, 2.05) is 0 Å². The number of amides is 1. The van der Waals surface area contributed by atoms with E-state index in [1.54, 1.807) is 12.1 Å². The third kappa shape index (κ3) is 2.90. The molecule has 0 aliphatic heterocycles. The van der Waals surface area contributed by atoms with Crippen molar-refractivity contribution in [3.8, 4) is 11.5 Å². The first-order chi connectivity index (χ1) is 11.0. The number of hydrazone groups is 1. The van der Waals surface area contributed by atoms with Crippen LogP contribution in [0.5, 0.6) is 11.5 Å².